The molecule has 76 valence electrons. The largest absolute Gasteiger partial charge is 0.465 e. The van der Waals surface area contributed by atoms with Crippen LogP contribution in [0.4, 0.5) is 8.78 Å². The first-order valence-electron chi connectivity index (χ1n) is 4.22. The van der Waals surface area contributed by atoms with Gasteiger partial charge < -0.3 is 9.53 Å². The van der Waals surface area contributed by atoms with Crippen LogP contribution in [0.1, 0.15) is 13.3 Å². The molecule has 3 nitrogen and oxygen atoms in total. The number of rotatable bonds is 4. The van der Waals surface area contributed by atoms with Crippen LogP contribution < -0.4 is 0 Å². The van der Waals surface area contributed by atoms with Crippen molar-refractivity contribution in [2.75, 3.05) is 6.61 Å². The molecule has 2 atom stereocenters. The van der Waals surface area contributed by atoms with Crippen LogP contribution in [-0.2, 0) is 14.3 Å². The molecule has 0 saturated heterocycles. The van der Waals surface area contributed by atoms with Crippen molar-refractivity contribution in [1.82, 2.24) is 0 Å². The van der Waals surface area contributed by atoms with Gasteiger partial charge in [0.05, 0.1) is 12.3 Å². The minimum absolute atomic E-state index is 0.0455. The number of halogens is 2. The fourth-order valence-corrected chi connectivity index (χ4v) is 1.47. The summed E-state index contributed by atoms with van der Waals surface area (Å²) in [7, 11) is 4.92. The molecule has 0 amide bonds. The van der Waals surface area contributed by atoms with Crippen molar-refractivity contribution in [3.63, 3.8) is 0 Å². The maximum Gasteiger partial charge on any atom is 0.319 e. The van der Waals surface area contributed by atoms with Crippen molar-refractivity contribution in [3.8, 4) is 0 Å². The molecule has 0 heterocycles. The van der Waals surface area contributed by atoms with E-state index in [9.17, 15) is 18.4 Å². The summed E-state index contributed by atoms with van der Waals surface area (Å²) in [4.78, 5) is 22.1. The summed E-state index contributed by atoms with van der Waals surface area (Å²) < 4.78 is 29.1. The zero-order chi connectivity index (χ0) is 10.9. The topological polar surface area (TPSA) is 43.4 Å². The number of alkyl halides is 2. The van der Waals surface area contributed by atoms with Gasteiger partial charge in [-0.2, -0.15) is 0 Å². The van der Waals surface area contributed by atoms with E-state index in [2.05, 4.69) is 4.74 Å². The summed E-state index contributed by atoms with van der Waals surface area (Å²) in [5.41, 5.74) is -2.80. The van der Waals surface area contributed by atoms with Gasteiger partial charge in [0.25, 0.3) is 0 Å². The summed E-state index contributed by atoms with van der Waals surface area (Å²) in [5, 5.41) is 0. The van der Waals surface area contributed by atoms with Crippen LogP contribution in [0.2, 0.25) is 0 Å². The van der Waals surface area contributed by atoms with Crippen molar-refractivity contribution in [1.29, 1.82) is 0 Å². The molecule has 14 heavy (non-hydrogen) atoms. The number of esters is 1. The molecule has 1 aliphatic rings. The van der Waals surface area contributed by atoms with E-state index in [0.29, 0.717) is 0 Å². The van der Waals surface area contributed by atoms with Gasteiger partial charge in [-0.3, -0.25) is 4.79 Å². The zero-order valence-corrected chi connectivity index (χ0v) is 7.63. The van der Waals surface area contributed by atoms with Crippen LogP contribution in [0, 0.1) is 11.3 Å². The Morgan fingerprint density at radius 1 is 1.64 bits per heavy atom. The van der Waals surface area contributed by atoms with Crippen molar-refractivity contribution in [2.45, 2.75) is 19.8 Å². The number of carbonyl (C=O) groups excluding carboxylic acids is 2. The summed E-state index contributed by atoms with van der Waals surface area (Å²) in [6.45, 7) is 1.58. The van der Waals surface area contributed by atoms with E-state index >= 15 is 0 Å². The van der Waals surface area contributed by atoms with Crippen LogP contribution in [0.15, 0.2) is 0 Å². The second kappa shape index (κ2) is 3.67. The molecule has 6 heteroatoms. The molecule has 1 aliphatic carbocycles. The number of ether oxygens (including phenoxy) is 1. The van der Waals surface area contributed by atoms with Crippen LogP contribution >= 0.6 is 0 Å². The molecule has 0 aromatic heterocycles. The summed E-state index contributed by atoms with van der Waals surface area (Å²) in [6, 6.07) is 0. The fourth-order valence-electron chi connectivity index (χ4n) is 1.47. The first kappa shape index (κ1) is 11.1. The molecule has 1 saturated carbocycles. The lowest BCUT2D eigenvalue weighted by molar-refractivity contribution is -0.153. The highest BCUT2D eigenvalue weighted by Gasteiger charge is 2.67. The maximum absolute atomic E-state index is 12.3. The van der Waals surface area contributed by atoms with Crippen LogP contribution in [-0.4, -0.2) is 32.5 Å². The first-order chi connectivity index (χ1) is 6.46. The third-order valence-electron chi connectivity index (χ3n) is 2.40. The molecule has 0 spiro atoms. The second-order valence-corrected chi connectivity index (χ2v) is 3.20. The average Bonchev–Trinajstić information content (AvgIpc) is 2.79. The molecule has 2 radical (unpaired) electrons. The van der Waals surface area contributed by atoms with E-state index in [1.807, 2.05) is 0 Å². The maximum atomic E-state index is 12.3. The van der Waals surface area contributed by atoms with Crippen LogP contribution in [0.25, 0.3) is 0 Å². The highest BCUT2D eigenvalue weighted by atomic mass is 19.3. The number of hydrogen-bond donors (Lipinski definition) is 0. The molecule has 0 bridgehead atoms. The van der Waals surface area contributed by atoms with Crippen molar-refractivity contribution >= 4 is 19.5 Å². The van der Waals surface area contributed by atoms with Crippen molar-refractivity contribution in [3.05, 3.63) is 0 Å². The Balaban J connectivity index is 2.78. The summed E-state index contributed by atoms with van der Waals surface area (Å²) in [5.74, 6) is -2.21. The molecule has 1 rings (SSSR count). The smallest absolute Gasteiger partial charge is 0.319 e. The Hall–Kier alpha value is -0.935. The highest BCUT2D eigenvalue weighted by molar-refractivity contribution is 6.61. The molecular formula is C8H9BF2O3. The minimum atomic E-state index is -2.72. The van der Waals surface area contributed by atoms with Gasteiger partial charge in [0.15, 0.2) is 7.85 Å². The Morgan fingerprint density at radius 3 is 2.50 bits per heavy atom. The third kappa shape index (κ3) is 1.53. The normalized spacial score (nSPS) is 30.1. The molecule has 1 fully saturated rings. The lowest BCUT2D eigenvalue weighted by Crippen LogP contribution is -2.31. The van der Waals surface area contributed by atoms with Gasteiger partial charge in [0.1, 0.15) is 5.41 Å². The lowest BCUT2D eigenvalue weighted by Gasteiger charge is -2.12. The minimum Gasteiger partial charge on any atom is -0.465 e. The average molecular weight is 202 g/mol. The van der Waals surface area contributed by atoms with Gasteiger partial charge in [-0.15, -0.1) is 0 Å². The van der Waals surface area contributed by atoms with E-state index in [1.54, 1.807) is 0 Å². The Labute approximate surface area is 81.2 Å². The molecule has 0 aromatic rings. The Morgan fingerprint density at radius 2 is 2.21 bits per heavy atom. The van der Waals surface area contributed by atoms with Crippen molar-refractivity contribution in [2.24, 2.45) is 11.3 Å². The predicted molar refractivity (Wildman–Crippen MR) is 43.9 cm³/mol. The summed E-state index contributed by atoms with van der Waals surface area (Å²) in [6.07, 6.45) is -2.93. The van der Waals surface area contributed by atoms with Gasteiger partial charge in [-0.1, -0.05) is 0 Å². The van der Waals surface area contributed by atoms with E-state index < -0.39 is 29.4 Å². The van der Waals surface area contributed by atoms with E-state index in [0.717, 1.165) is 0 Å². The molecule has 0 N–H and O–H groups in total. The quantitative estimate of drug-likeness (QED) is 0.379. The van der Waals surface area contributed by atoms with Gasteiger partial charge in [0.2, 0.25) is 6.43 Å². The number of carbonyl (C=O) groups is 2. The van der Waals surface area contributed by atoms with E-state index in [4.69, 9.17) is 7.85 Å². The van der Waals surface area contributed by atoms with Crippen molar-refractivity contribution < 1.29 is 23.1 Å². The second-order valence-electron chi connectivity index (χ2n) is 3.20. The van der Waals surface area contributed by atoms with Gasteiger partial charge >= 0.3 is 5.97 Å². The van der Waals surface area contributed by atoms with Crippen LogP contribution in [0.3, 0.4) is 0 Å². The standard InChI is InChI=1S/C8H9BF2O3/c1-2-14-7(13)8(6(9)12)3-4(8)5(10)11/h4-5H,2-3H2,1H3. The van der Waals surface area contributed by atoms with Gasteiger partial charge in [-0.25, -0.2) is 8.78 Å². The predicted octanol–water partition coefficient (Wildman–Crippen LogP) is 0.516. The Bertz CT molecular complexity index is 269. The van der Waals surface area contributed by atoms with E-state index in [1.165, 1.54) is 6.92 Å². The van der Waals surface area contributed by atoms with E-state index in [-0.39, 0.29) is 13.0 Å². The van der Waals surface area contributed by atoms with Crippen LogP contribution in [0.5, 0.6) is 0 Å². The summed E-state index contributed by atoms with van der Waals surface area (Å²) >= 11 is 0. The molecule has 0 aliphatic heterocycles. The first-order valence-corrected chi connectivity index (χ1v) is 4.22. The highest BCUT2D eigenvalue weighted by Crippen LogP contribution is 2.56. The zero-order valence-electron chi connectivity index (χ0n) is 7.63. The Kier molecular flexibility index (Phi) is 2.92. The monoisotopic (exact) mass is 202 g/mol. The molecule has 0 aromatic carbocycles. The third-order valence-corrected chi connectivity index (χ3v) is 2.40. The van der Waals surface area contributed by atoms with Gasteiger partial charge in [0, 0.05) is 5.92 Å². The number of hydrogen-bond acceptors (Lipinski definition) is 3. The molecule has 2 unspecified atom stereocenters. The van der Waals surface area contributed by atoms with Gasteiger partial charge in [-0.05, 0) is 13.3 Å². The SMILES string of the molecule is [B]C(=O)C1(C(=O)OCC)CC1C(F)F. The fraction of sp³-hybridized carbons (Fsp3) is 0.750. The lowest BCUT2D eigenvalue weighted by atomic mass is 9.84. The molecular weight excluding hydrogens is 193 g/mol.